The molecule has 2 rings (SSSR count). The third kappa shape index (κ3) is 2.74. The van der Waals surface area contributed by atoms with Crippen molar-refractivity contribution < 1.29 is 17.8 Å². The molecule has 19 heavy (non-hydrogen) atoms. The lowest BCUT2D eigenvalue weighted by Crippen LogP contribution is -2.07. The van der Waals surface area contributed by atoms with Crippen molar-refractivity contribution in [1.29, 1.82) is 0 Å². The molecule has 0 unspecified atom stereocenters. The van der Waals surface area contributed by atoms with Crippen molar-refractivity contribution in [2.75, 3.05) is 5.32 Å². The van der Waals surface area contributed by atoms with Crippen LogP contribution in [0.3, 0.4) is 0 Å². The van der Waals surface area contributed by atoms with E-state index in [1.165, 1.54) is 19.1 Å². The number of hydrogen-bond donors (Lipinski definition) is 2. The number of aryl methyl sites for hydroxylation is 1. The molecule has 0 aliphatic carbocycles. The monoisotopic (exact) mass is 279 g/mol. The smallest absolute Gasteiger partial charge is 0.294 e. The fraction of sp³-hybridized carbons (Fsp3) is 0.154. The third-order valence-corrected chi connectivity index (χ3v) is 3.65. The van der Waals surface area contributed by atoms with Gasteiger partial charge in [-0.3, -0.25) is 9.35 Å². The second kappa shape index (κ2) is 4.64. The molecule has 0 atom stereocenters. The molecule has 2 N–H and O–H groups in total. The van der Waals surface area contributed by atoms with Gasteiger partial charge in [-0.15, -0.1) is 0 Å². The minimum atomic E-state index is -4.23. The summed E-state index contributed by atoms with van der Waals surface area (Å²) in [5.41, 5.74) is 1.52. The van der Waals surface area contributed by atoms with Gasteiger partial charge >= 0.3 is 0 Å². The summed E-state index contributed by atoms with van der Waals surface area (Å²) in [4.78, 5) is 11.0. The first-order valence-electron chi connectivity index (χ1n) is 5.57. The molecule has 0 spiro atoms. The lowest BCUT2D eigenvalue weighted by Gasteiger charge is -2.11. The van der Waals surface area contributed by atoms with E-state index in [1.807, 2.05) is 6.92 Å². The van der Waals surface area contributed by atoms with Gasteiger partial charge in [0.15, 0.2) is 0 Å². The Kier molecular flexibility index (Phi) is 3.30. The first-order valence-corrected chi connectivity index (χ1v) is 7.01. The van der Waals surface area contributed by atoms with E-state index in [0.29, 0.717) is 11.1 Å². The van der Waals surface area contributed by atoms with Crippen molar-refractivity contribution in [1.82, 2.24) is 0 Å². The Morgan fingerprint density at radius 3 is 2.47 bits per heavy atom. The molecular formula is C13H13NO4S. The zero-order valence-corrected chi connectivity index (χ0v) is 11.3. The topological polar surface area (TPSA) is 83.5 Å². The number of fused-ring (bicyclic) bond motifs is 1. The van der Waals surface area contributed by atoms with E-state index < -0.39 is 10.1 Å². The molecule has 0 aliphatic rings. The van der Waals surface area contributed by atoms with Crippen molar-refractivity contribution in [3.05, 3.63) is 35.9 Å². The second-order valence-corrected chi connectivity index (χ2v) is 5.72. The van der Waals surface area contributed by atoms with E-state index in [-0.39, 0.29) is 10.8 Å². The Bertz CT molecular complexity index is 766. The van der Waals surface area contributed by atoms with Crippen molar-refractivity contribution in [2.24, 2.45) is 0 Å². The van der Waals surface area contributed by atoms with Crippen LogP contribution in [0.1, 0.15) is 12.5 Å². The fourth-order valence-corrected chi connectivity index (χ4v) is 2.44. The number of hydrogen-bond acceptors (Lipinski definition) is 3. The molecule has 0 aromatic heterocycles. The Morgan fingerprint density at radius 2 is 1.89 bits per heavy atom. The highest BCUT2D eigenvalue weighted by atomic mass is 32.2. The van der Waals surface area contributed by atoms with Crippen LogP contribution in [0.5, 0.6) is 0 Å². The van der Waals surface area contributed by atoms with Gasteiger partial charge in [-0.1, -0.05) is 18.2 Å². The van der Waals surface area contributed by atoms with Gasteiger partial charge in [0, 0.05) is 12.3 Å². The maximum absolute atomic E-state index is 11.2. The Labute approximate surface area is 111 Å². The summed E-state index contributed by atoms with van der Waals surface area (Å²) in [6.45, 7) is 3.26. The highest BCUT2D eigenvalue weighted by Crippen LogP contribution is 2.29. The van der Waals surface area contributed by atoms with Crippen molar-refractivity contribution >= 4 is 32.5 Å². The minimum Gasteiger partial charge on any atom is -0.326 e. The molecule has 0 aliphatic heterocycles. The summed E-state index contributed by atoms with van der Waals surface area (Å²) in [6.07, 6.45) is 0. The summed E-state index contributed by atoms with van der Waals surface area (Å²) in [6, 6.07) is 7.76. The average molecular weight is 279 g/mol. The van der Waals surface area contributed by atoms with Gasteiger partial charge in [0.25, 0.3) is 10.1 Å². The molecule has 1 amide bonds. The SMILES string of the molecule is CC(=O)Nc1c(C)ccc2cc(S(=O)(=O)O)ccc12. The summed E-state index contributed by atoms with van der Waals surface area (Å²) in [7, 11) is -4.23. The van der Waals surface area contributed by atoms with E-state index in [0.717, 1.165) is 10.9 Å². The second-order valence-electron chi connectivity index (χ2n) is 4.30. The quantitative estimate of drug-likeness (QED) is 0.826. The van der Waals surface area contributed by atoms with E-state index in [1.54, 1.807) is 18.2 Å². The zero-order valence-electron chi connectivity index (χ0n) is 10.5. The summed E-state index contributed by atoms with van der Waals surface area (Å²) >= 11 is 0. The van der Waals surface area contributed by atoms with Gasteiger partial charge in [0.05, 0.1) is 10.6 Å². The number of amides is 1. The van der Waals surface area contributed by atoms with Crippen LogP contribution in [-0.2, 0) is 14.9 Å². The minimum absolute atomic E-state index is 0.169. The van der Waals surface area contributed by atoms with E-state index in [2.05, 4.69) is 5.32 Å². The summed E-state index contributed by atoms with van der Waals surface area (Å²) < 4.78 is 31.2. The summed E-state index contributed by atoms with van der Waals surface area (Å²) in [5, 5.41) is 4.08. The van der Waals surface area contributed by atoms with E-state index in [9.17, 15) is 13.2 Å². The van der Waals surface area contributed by atoms with Crippen LogP contribution >= 0.6 is 0 Å². The Morgan fingerprint density at radius 1 is 1.21 bits per heavy atom. The van der Waals surface area contributed by atoms with E-state index in [4.69, 9.17) is 4.55 Å². The highest BCUT2D eigenvalue weighted by molar-refractivity contribution is 7.85. The van der Waals surface area contributed by atoms with Crippen LogP contribution in [-0.4, -0.2) is 18.9 Å². The number of nitrogens with one attached hydrogen (secondary N) is 1. The van der Waals surface area contributed by atoms with Crippen LogP contribution in [0.2, 0.25) is 0 Å². The largest absolute Gasteiger partial charge is 0.326 e. The molecule has 6 heteroatoms. The van der Waals surface area contributed by atoms with Crippen molar-refractivity contribution in [3.8, 4) is 0 Å². The lowest BCUT2D eigenvalue weighted by atomic mass is 10.0. The molecule has 5 nitrogen and oxygen atoms in total. The van der Waals surface area contributed by atoms with Crippen LogP contribution < -0.4 is 5.32 Å². The number of anilines is 1. The molecule has 0 bridgehead atoms. The average Bonchev–Trinajstić information content (AvgIpc) is 2.30. The molecule has 0 heterocycles. The van der Waals surface area contributed by atoms with Crippen LogP contribution in [0, 0.1) is 6.92 Å². The predicted octanol–water partition coefficient (Wildman–Crippen LogP) is 2.35. The number of carbonyl (C=O) groups is 1. The first kappa shape index (κ1) is 13.5. The van der Waals surface area contributed by atoms with Crippen LogP contribution in [0.15, 0.2) is 35.2 Å². The van der Waals surface area contributed by atoms with Gasteiger partial charge in [-0.25, -0.2) is 0 Å². The normalized spacial score (nSPS) is 11.5. The summed E-state index contributed by atoms with van der Waals surface area (Å²) in [5.74, 6) is -0.200. The zero-order chi connectivity index (χ0) is 14.2. The van der Waals surface area contributed by atoms with Gasteiger partial charge in [-0.2, -0.15) is 8.42 Å². The molecule has 2 aromatic carbocycles. The number of benzene rings is 2. The number of rotatable bonds is 2. The van der Waals surface area contributed by atoms with Gasteiger partial charge in [0.1, 0.15) is 0 Å². The maximum Gasteiger partial charge on any atom is 0.294 e. The van der Waals surface area contributed by atoms with Crippen molar-refractivity contribution in [2.45, 2.75) is 18.7 Å². The molecule has 0 saturated carbocycles. The molecule has 100 valence electrons. The maximum atomic E-state index is 11.2. The number of carbonyl (C=O) groups excluding carboxylic acids is 1. The Hall–Kier alpha value is -1.92. The van der Waals surface area contributed by atoms with E-state index >= 15 is 0 Å². The third-order valence-electron chi connectivity index (χ3n) is 2.80. The predicted molar refractivity (Wildman–Crippen MR) is 72.8 cm³/mol. The fourth-order valence-electron chi connectivity index (χ4n) is 1.92. The standard InChI is InChI=1S/C13H13NO4S/c1-8-3-4-10-7-11(19(16,17)18)5-6-12(10)13(8)14-9(2)15/h3-7H,1-2H3,(H,14,15)(H,16,17,18). The molecule has 0 radical (unpaired) electrons. The van der Waals surface area contributed by atoms with Gasteiger partial charge in [0.2, 0.25) is 5.91 Å². The van der Waals surface area contributed by atoms with Crippen LogP contribution in [0.4, 0.5) is 5.69 Å². The molecule has 2 aromatic rings. The van der Waals surface area contributed by atoms with Gasteiger partial charge in [-0.05, 0) is 30.0 Å². The molecular weight excluding hydrogens is 266 g/mol. The Balaban J connectivity index is 2.71. The van der Waals surface area contributed by atoms with Crippen LogP contribution in [0.25, 0.3) is 10.8 Å². The highest BCUT2D eigenvalue weighted by Gasteiger charge is 2.12. The molecule has 0 fully saturated rings. The van der Waals surface area contributed by atoms with Crippen molar-refractivity contribution in [3.63, 3.8) is 0 Å². The lowest BCUT2D eigenvalue weighted by molar-refractivity contribution is -0.114. The first-order chi connectivity index (χ1) is 8.79. The molecule has 0 saturated heterocycles. The van der Waals surface area contributed by atoms with Gasteiger partial charge < -0.3 is 5.32 Å².